The lowest BCUT2D eigenvalue weighted by Crippen LogP contribution is -2.29. The van der Waals surface area contributed by atoms with Crippen molar-refractivity contribution in [3.63, 3.8) is 0 Å². The second-order valence-electron chi connectivity index (χ2n) is 6.01. The van der Waals surface area contributed by atoms with Crippen molar-refractivity contribution in [2.24, 2.45) is 0 Å². The standard InChI is InChI=1S/C18H20ClNO3S/c19-18-7-2-1-5-15(18)12-23-17-6-3-4-14(10-17)11-20-16-8-9-24(21,22)13-16/h1-7,10,16,20H,8-9,11-13H2. The van der Waals surface area contributed by atoms with Crippen molar-refractivity contribution in [3.05, 3.63) is 64.7 Å². The van der Waals surface area contributed by atoms with Crippen molar-refractivity contribution in [2.45, 2.75) is 25.6 Å². The fraction of sp³-hybridized carbons (Fsp3) is 0.333. The first-order chi connectivity index (χ1) is 11.5. The molecule has 1 unspecified atom stereocenters. The average molecular weight is 366 g/mol. The van der Waals surface area contributed by atoms with Crippen molar-refractivity contribution in [1.82, 2.24) is 5.32 Å². The van der Waals surface area contributed by atoms with Gasteiger partial charge in [-0.3, -0.25) is 0 Å². The molecule has 0 aromatic heterocycles. The summed E-state index contributed by atoms with van der Waals surface area (Å²) >= 11 is 6.13. The van der Waals surface area contributed by atoms with E-state index in [0.717, 1.165) is 16.9 Å². The topological polar surface area (TPSA) is 55.4 Å². The van der Waals surface area contributed by atoms with Gasteiger partial charge in [-0.1, -0.05) is 41.9 Å². The van der Waals surface area contributed by atoms with Gasteiger partial charge in [-0.15, -0.1) is 0 Å². The Kier molecular flexibility index (Phi) is 5.43. The molecule has 1 fully saturated rings. The van der Waals surface area contributed by atoms with Crippen molar-refractivity contribution in [3.8, 4) is 5.75 Å². The van der Waals surface area contributed by atoms with Crippen LogP contribution >= 0.6 is 11.6 Å². The van der Waals surface area contributed by atoms with Crippen LogP contribution in [0.3, 0.4) is 0 Å². The molecule has 2 aromatic carbocycles. The van der Waals surface area contributed by atoms with Gasteiger partial charge in [0.05, 0.1) is 11.5 Å². The maximum absolute atomic E-state index is 11.5. The number of benzene rings is 2. The second kappa shape index (κ2) is 7.55. The average Bonchev–Trinajstić information content (AvgIpc) is 2.92. The molecule has 0 spiro atoms. The highest BCUT2D eigenvalue weighted by Gasteiger charge is 2.27. The minimum atomic E-state index is -2.85. The summed E-state index contributed by atoms with van der Waals surface area (Å²) in [5.41, 5.74) is 2.01. The molecule has 0 saturated carbocycles. The molecule has 24 heavy (non-hydrogen) atoms. The highest BCUT2D eigenvalue weighted by molar-refractivity contribution is 7.91. The van der Waals surface area contributed by atoms with Crippen LogP contribution in [0, 0.1) is 0 Å². The molecule has 1 N–H and O–H groups in total. The zero-order valence-electron chi connectivity index (χ0n) is 13.2. The van der Waals surface area contributed by atoms with Crippen LogP contribution in [0.4, 0.5) is 0 Å². The Morgan fingerprint density at radius 1 is 1.17 bits per heavy atom. The summed E-state index contributed by atoms with van der Waals surface area (Å²) < 4.78 is 28.8. The highest BCUT2D eigenvalue weighted by Crippen LogP contribution is 2.20. The first kappa shape index (κ1) is 17.3. The SMILES string of the molecule is O=S1(=O)CCC(NCc2cccc(OCc3ccccc3Cl)c2)C1. The van der Waals surface area contributed by atoms with E-state index < -0.39 is 9.84 Å². The van der Waals surface area contributed by atoms with Gasteiger partial charge in [0.1, 0.15) is 12.4 Å². The van der Waals surface area contributed by atoms with Gasteiger partial charge >= 0.3 is 0 Å². The van der Waals surface area contributed by atoms with Crippen LogP contribution < -0.4 is 10.1 Å². The fourth-order valence-corrected chi connectivity index (χ4v) is 4.64. The van der Waals surface area contributed by atoms with Gasteiger partial charge in [0.15, 0.2) is 9.84 Å². The van der Waals surface area contributed by atoms with Crippen LogP contribution in [0.15, 0.2) is 48.5 Å². The number of hydrogen-bond acceptors (Lipinski definition) is 4. The summed E-state index contributed by atoms with van der Waals surface area (Å²) in [6, 6.07) is 15.5. The van der Waals surface area contributed by atoms with Gasteiger partial charge in [-0.25, -0.2) is 8.42 Å². The number of halogens is 1. The molecule has 128 valence electrons. The van der Waals surface area contributed by atoms with E-state index in [4.69, 9.17) is 16.3 Å². The van der Waals surface area contributed by atoms with Gasteiger partial charge in [0.25, 0.3) is 0 Å². The first-order valence-corrected chi connectivity index (χ1v) is 10.1. The minimum Gasteiger partial charge on any atom is -0.489 e. The number of sulfone groups is 1. The Morgan fingerprint density at radius 2 is 2.00 bits per heavy atom. The summed E-state index contributed by atoms with van der Waals surface area (Å²) in [6.45, 7) is 1.04. The Balaban J connectivity index is 1.55. The quantitative estimate of drug-likeness (QED) is 0.854. The van der Waals surface area contributed by atoms with E-state index in [-0.39, 0.29) is 17.5 Å². The van der Waals surface area contributed by atoms with Crippen molar-refractivity contribution in [1.29, 1.82) is 0 Å². The van der Waals surface area contributed by atoms with E-state index in [1.54, 1.807) is 0 Å². The van der Waals surface area contributed by atoms with E-state index in [1.807, 2.05) is 48.5 Å². The first-order valence-electron chi connectivity index (χ1n) is 7.91. The second-order valence-corrected chi connectivity index (χ2v) is 8.64. The van der Waals surface area contributed by atoms with E-state index in [9.17, 15) is 8.42 Å². The summed E-state index contributed by atoms with van der Waals surface area (Å²) in [7, 11) is -2.85. The predicted molar refractivity (Wildman–Crippen MR) is 96.1 cm³/mol. The maximum Gasteiger partial charge on any atom is 0.151 e. The maximum atomic E-state index is 11.5. The molecular formula is C18H20ClNO3S. The Morgan fingerprint density at radius 3 is 2.75 bits per heavy atom. The molecule has 1 aliphatic heterocycles. The predicted octanol–water partition coefficient (Wildman–Crippen LogP) is 3.20. The third-order valence-electron chi connectivity index (χ3n) is 4.08. The Bertz CT molecular complexity index is 807. The van der Waals surface area contributed by atoms with Crippen LogP contribution in [0.1, 0.15) is 17.5 Å². The van der Waals surface area contributed by atoms with Crippen LogP contribution in [0.25, 0.3) is 0 Å². The van der Waals surface area contributed by atoms with E-state index in [2.05, 4.69) is 5.32 Å². The third kappa shape index (κ3) is 4.72. The molecule has 3 rings (SSSR count). The zero-order chi connectivity index (χ0) is 17.0. The van der Waals surface area contributed by atoms with Crippen molar-refractivity contribution < 1.29 is 13.2 Å². The zero-order valence-corrected chi connectivity index (χ0v) is 14.8. The molecule has 2 aromatic rings. The lowest BCUT2D eigenvalue weighted by atomic mass is 10.2. The molecule has 0 amide bonds. The molecule has 1 atom stereocenters. The van der Waals surface area contributed by atoms with Crippen molar-refractivity contribution in [2.75, 3.05) is 11.5 Å². The molecule has 6 heteroatoms. The van der Waals surface area contributed by atoms with Crippen LogP contribution in [0.5, 0.6) is 5.75 Å². The minimum absolute atomic E-state index is 0.0442. The largest absolute Gasteiger partial charge is 0.489 e. The molecule has 0 bridgehead atoms. The number of ether oxygens (including phenoxy) is 1. The molecule has 1 aliphatic rings. The third-order valence-corrected chi connectivity index (χ3v) is 6.21. The molecule has 1 saturated heterocycles. The number of nitrogens with one attached hydrogen (secondary N) is 1. The molecule has 0 radical (unpaired) electrons. The molecular weight excluding hydrogens is 346 g/mol. The summed E-state index contributed by atoms with van der Waals surface area (Å²) in [5.74, 6) is 1.29. The molecule has 0 aliphatic carbocycles. The molecule has 4 nitrogen and oxygen atoms in total. The van der Waals surface area contributed by atoms with E-state index in [1.165, 1.54) is 0 Å². The van der Waals surface area contributed by atoms with Crippen LogP contribution in [-0.4, -0.2) is 26.0 Å². The summed E-state index contributed by atoms with van der Waals surface area (Å²) in [4.78, 5) is 0. The van der Waals surface area contributed by atoms with E-state index >= 15 is 0 Å². The number of hydrogen-bond donors (Lipinski definition) is 1. The summed E-state index contributed by atoms with van der Waals surface area (Å²) in [5, 5.41) is 4.00. The Hall–Kier alpha value is -1.56. The van der Waals surface area contributed by atoms with Gasteiger partial charge in [-0.2, -0.15) is 0 Å². The fourth-order valence-electron chi connectivity index (χ4n) is 2.74. The number of rotatable bonds is 6. The summed E-state index contributed by atoms with van der Waals surface area (Å²) in [6.07, 6.45) is 0.686. The lowest BCUT2D eigenvalue weighted by molar-refractivity contribution is 0.306. The monoisotopic (exact) mass is 365 g/mol. The van der Waals surface area contributed by atoms with Gasteiger partial charge in [0, 0.05) is 23.2 Å². The Labute approximate surface area is 147 Å². The van der Waals surface area contributed by atoms with Crippen LogP contribution in [-0.2, 0) is 23.0 Å². The van der Waals surface area contributed by atoms with Gasteiger partial charge in [-0.05, 0) is 30.2 Å². The van der Waals surface area contributed by atoms with Gasteiger partial charge < -0.3 is 10.1 Å². The molecule has 1 heterocycles. The van der Waals surface area contributed by atoms with Crippen molar-refractivity contribution >= 4 is 21.4 Å². The van der Waals surface area contributed by atoms with Gasteiger partial charge in [0.2, 0.25) is 0 Å². The van der Waals surface area contributed by atoms with Crippen LogP contribution in [0.2, 0.25) is 5.02 Å². The van der Waals surface area contributed by atoms with E-state index in [0.29, 0.717) is 24.6 Å². The highest BCUT2D eigenvalue weighted by atomic mass is 35.5. The lowest BCUT2D eigenvalue weighted by Gasteiger charge is -2.12. The smallest absolute Gasteiger partial charge is 0.151 e. The normalized spacial score (nSPS) is 19.3.